The maximum Gasteiger partial charge on any atom is 0.129 e. The first-order chi connectivity index (χ1) is 8.08. The van der Waals surface area contributed by atoms with Gasteiger partial charge in [0.2, 0.25) is 0 Å². The fourth-order valence-electron chi connectivity index (χ4n) is 1.28. The molecule has 0 aromatic heterocycles. The van der Waals surface area contributed by atoms with Crippen molar-refractivity contribution in [1.29, 1.82) is 0 Å². The van der Waals surface area contributed by atoms with Gasteiger partial charge in [-0.2, -0.15) is 0 Å². The predicted molar refractivity (Wildman–Crippen MR) is 78.3 cm³/mol. The Morgan fingerprint density at radius 2 is 1.59 bits per heavy atom. The zero-order chi connectivity index (χ0) is 12.6. The van der Waals surface area contributed by atoms with Gasteiger partial charge in [-0.3, -0.25) is 0 Å². The van der Waals surface area contributed by atoms with Crippen molar-refractivity contribution in [3.05, 3.63) is 35.9 Å². The first-order valence-corrected chi connectivity index (χ1v) is 9.62. The van der Waals surface area contributed by atoms with Gasteiger partial charge in [0.15, 0.2) is 0 Å². The van der Waals surface area contributed by atoms with E-state index < -0.39 is 8.07 Å². The Morgan fingerprint density at radius 1 is 0.941 bits per heavy atom. The van der Waals surface area contributed by atoms with Gasteiger partial charge in [0, 0.05) is 18.4 Å². The molecule has 0 bridgehead atoms. The zero-order valence-electron chi connectivity index (χ0n) is 11.0. The van der Waals surface area contributed by atoms with Gasteiger partial charge in [-0.25, -0.2) is 0 Å². The van der Waals surface area contributed by atoms with Gasteiger partial charge in [-0.15, -0.1) is 11.5 Å². The Morgan fingerprint density at radius 3 is 2.24 bits per heavy atom. The Kier molecular flexibility index (Phi) is 5.60. The molecule has 0 saturated heterocycles. The molecule has 1 aromatic rings. The number of unbranched alkanes of at least 4 members (excludes halogenated alkanes) is 2. The van der Waals surface area contributed by atoms with Crippen molar-refractivity contribution in [2.24, 2.45) is 0 Å². The molecule has 0 radical (unpaired) electrons. The maximum atomic E-state index is 3.37. The van der Waals surface area contributed by atoms with Crippen molar-refractivity contribution >= 4 is 8.07 Å². The molecular formula is C16H20Si. The lowest BCUT2D eigenvalue weighted by Gasteiger charge is -2.02. The predicted octanol–water partition coefficient (Wildman–Crippen LogP) is 4.09. The van der Waals surface area contributed by atoms with E-state index >= 15 is 0 Å². The number of benzene rings is 1. The van der Waals surface area contributed by atoms with Crippen LogP contribution in [0.3, 0.4) is 0 Å². The molecule has 0 fully saturated rings. The summed E-state index contributed by atoms with van der Waals surface area (Å²) in [7, 11) is -1.18. The fraction of sp³-hybridized carbons (Fsp3) is 0.375. The molecule has 0 nitrogen and oxygen atoms in total. The third kappa shape index (κ3) is 7.45. The molecule has 17 heavy (non-hydrogen) atoms. The van der Waals surface area contributed by atoms with Crippen LogP contribution in [-0.4, -0.2) is 8.07 Å². The van der Waals surface area contributed by atoms with Crippen LogP contribution in [0, 0.1) is 23.3 Å². The number of hydrogen-bond acceptors (Lipinski definition) is 0. The van der Waals surface area contributed by atoms with Crippen LogP contribution in [0.15, 0.2) is 30.3 Å². The quantitative estimate of drug-likeness (QED) is 0.415. The third-order valence-electron chi connectivity index (χ3n) is 2.07. The molecule has 0 saturated carbocycles. The molecule has 0 atom stereocenters. The summed E-state index contributed by atoms with van der Waals surface area (Å²) < 4.78 is 0. The van der Waals surface area contributed by atoms with E-state index in [1.54, 1.807) is 0 Å². The van der Waals surface area contributed by atoms with Crippen LogP contribution < -0.4 is 0 Å². The molecule has 0 amide bonds. The summed E-state index contributed by atoms with van der Waals surface area (Å²) in [6.45, 7) is 6.82. The smallest absolute Gasteiger partial charge is 0.129 e. The number of hydrogen-bond donors (Lipinski definition) is 0. The number of rotatable bonds is 2. The van der Waals surface area contributed by atoms with Crippen molar-refractivity contribution in [3.8, 4) is 23.3 Å². The molecule has 0 aliphatic rings. The molecule has 1 rings (SSSR count). The summed E-state index contributed by atoms with van der Waals surface area (Å²) in [6.07, 6.45) is 3.00. The monoisotopic (exact) mass is 240 g/mol. The summed E-state index contributed by atoms with van der Waals surface area (Å²) in [5, 5.41) is 0. The molecule has 0 aliphatic heterocycles. The minimum atomic E-state index is -1.18. The highest BCUT2D eigenvalue weighted by molar-refractivity contribution is 6.83. The lowest BCUT2D eigenvalue weighted by molar-refractivity contribution is 0.904. The zero-order valence-corrected chi connectivity index (χ0v) is 12.0. The Balaban J connectivity index is 2.25. The van der Waals surface area contributed by atoms with Gasteiger partial charge in [0.1, 0.15) is 8.07 Å². The van der Waals surface area contributed by atoms with Gasteiger partial charge in [-0.05, 0) is 18.6 Å². The highest BCUT2D eigenvalue weighted by atomic mass is 28.3. The second kappa shape index (κ2) is 7.00. The topological polar surface area (TPSA) is 0 Å². The van der Waals surface area contributed by atoms with E-state index in [9.17, 15) is 0 Å². The van der Waals surface area contributed by atoms with Crippen LogP contribution in [0.1, 0.15) is 24.8 Å². The van der Waals surface area contributed by atoms with Crippen molar-refractivity contribution in [1.82, 2.24) is 0 Å². The molecule has 0 heterocycles. The van der Waals surface area contributed by atoms with E-state index in [1.165, 1.54) is 0 Å². The minimum absolute atomic E-state index is 0.940. The fourth-order valence-corrected chi connectivity index (χ4v) is 1.93. The lowest BCUT2D eigenvalue weighted by atomic mass is 10.2. The molecule has 88 valence electrons. The van der Waals surface area contributed by atoms with Gasteiger partial charge < -0.3 is 0 Å². The highest BCUT2D eigenvalue weighted by Crippen LogP contribution is 1.99. The van der Waals surface area contributed by atoms with Crippen molar-refractivity contribution < 1.29 is 0 Å². The molecular weight excluding hydrogens is 220 g/mol. The van der Waals surface area contributed by atoms with Crippen LogP contribution in [-0.2, 0) is 0 Å². The average Bonchev–Trinajstić information content (AvgIpc) is 2.28. The van der Waals surface area contributed by atoms with Crippen molar-refractivity contribution in [2.45, 2.75) is 38.9 Å². The lowest BCUT2D eigenvalue weighted by Crippen LogP contribution is -2.16. The normalized spacial score (nSPS) is 9.82. The Bertz CT molecular complexity index is 444. The Labute approximate surface area is 106 Å². The SMILES string of the molecule is C[Si](C)(C)C#CCCCC#Cc1ccccc1. The molecule has 0 unspecified atom stereocenters. The van der Waals surface area contributed by atoms with E-state index in [-0.39, 0.29) is 0 Å². The van der Waals surface area contributed by atoms with Crippen LogP contribution in [0.2, 0.25) is 19.6 Å². The molecule has 0 aliphatic carbocycles. The first kappa shape index (κ1) is 13.6. The van der Waals surface area contributed by atoms with Crippen LogP contribution in [0.25, 0.3) is 0 Å². The first-order valence-electron chi connectivity index (χ1n) is 6.12. The third-order valence-corrected chi connectivity index (χ3v) is 3.00. The largest absolute Gasteiger partial charge is 0.132 e. The van der Waals surface area contributed by atoms with Gasteiger partial charge in [-0.1, -0.05) is 49.7 Å². The second-order valence-corrected chi connectivity index (χ2v) is 9.82. The molecule has 1 aromatic carbocycles. The second-order valence-electron chi connectivity index (χ2n) is 5.07. The van der Waals surface area contributed by atoms with Crippen LogP contribution in [0.4, 0.5) is 0 Å². The van der Waals surface area contributed by atoms with Crippen molar-refractivity contribution in [3.63, 3.8) is 0 Å². The summed E-state index contributed by atoms with van der Waals surface area (Å²) >= 11 is 0. The van der Waals surface area contributed by atoms with Crippen LogP contribution >= 0.6 is 0 Å². The summed E-state index contributed by atoms with van der Waals surface area (Å²) in [4.78, 5) is 0. The summed E-state index contributed by atoms with van der Waals surface area (Å²) in [5.74, 6) is 9.62. The van der Waals surface area contributed by atoms with E-state index in [0.29, 0.717) is 0 Å². The van der Waals surface area contributed by atoms with Gasteiger partial charge >= 0.3 is 0 Å². The van der Waals surface area contributed by atoms with E-state index in [2.05, 4.69) is 42.9 Å². The standard InChI is InChI=1S/C16H20Si/c1-17(2,3)15-11-6-4-5-8-12-16-13-9-7-10-14-16/h7,9-10,13-14H,4-6H2,1-3H3. The minimum Gasteiger partial charge on any atom is -0.132 e. The summed E-state index contributed by atoms with van der Waals surface area (Å²) in [5.41, 5.74) is 4.47. The average molecular weight is 240 g/mol. The molecule has 0 N–H and O–H groups in total. The maximum absolute atomic E-state index is 3.37. The van der Waals surface area contributed by atoms with E-state index in [0.717, 1.165) is 24.8 Å². The summed E-state index contributed by atoms with van der Waals surface area (Å²) in [6, 6.07) is 10.1. The molecule has 1 heteroatoms. The van der Waals surface area contributed by atoms with Crippen molar-refractivity contribution in [2.75, 3.05) is 0 Å². The highest BCUT2D eigenvalue weighted by Gasteiger charge is 2.06. The van der Waals surface area contributed by atoms with Gasteiger partial charge in [0.05, 0.1) is 0 Å². The van der Waals surface area contributed by atoms with Gasteiger partial charge in [0.25, 0.3) is 0 Å². The van der Waals surface area contributed by atoms with Crippen LogP contribution in [0.5, 0.6) is 0 Å². The molecule has 0 spiro atoms. The van der Waals surface area contributed by atoms with E-state index in [1.807, 2.05) is 30.3 Å². The Hall–Kier alpha value is -1.44. The van der Waals surface area contributed by atoms with E-state index in [4.69, 9.17) is 0 Å².